The molecule has 0 radical (unpaired) electrons. The van der Waals surface area contributed by atoms with E-state index in [4.69, 9.17) is 9.47 Å². The van der Waals surface area contributed by atoms with Gasteiger partial charge in [-0.1, -0.05) is 12.8 Å². The number of methoxy groups -OCH3 is 1. The van der Waals surface area contributed by atoms with Gasteiger partial charge in [-0.3, -0.25) is 9.69 Å². The van der Waals surface area contributed by atoms with Crippen LogP contribution in [0.1, 0.15) is 46.0 Å². The minimum atomic E-state index is -0.141. The van der Waals surface area contributed by atoms with Crippen LogP contribution in [-0.4, -0.2) is 50.3 Å². The van der Waals surface area contributed by atoms with Crippen molar-refractivity contribution in [2.24, 2.45) is 5.92 Å². The summed E-state index contributed by atoms with van der Waals surface area (Å²) in [5.41, 5.74) is 0. The van der Waals surface area contributed by atoms with Crippen molar-refractivity contribution in [3.05, 3.63) is 0 Å². The van der Waals surface area contributed by atoms with Gasteiger partial charge in [0.1, 0.15) is 0 Å². The third-order valence-electron chi connectivity index (χ3n) is 3.94. The van der Waals surface area contributed by atoms with Crippen LogP contribution in [0.2, 0.25) is 0 Å². The van der Waals surface area contributed by atoms with E-state index in [0.717, 1.165) is 32.1 Å². The van der Waals surface area contributed by atoms with E-state index in [1.807, 2.05) is 0 Å². The van der Waals surface area contributed by atoms with E-state index in [2.05, 4.69) is 18.7 Å². The van der Waals surface area contributed by atoms with Crippen LogP contribution in [0.25, 0.3) is 0 Å². The molecule has 1 aliphatic rings. The number of carbonyl (C=O) groups is 1. The SMILES string of the molecule is COC(=O)CN(CCCCC1CCOCC1)C(C)C. The molecule has 0 N–H and O–H groups in total. The van der Waals surface area contributed by atoms with E-state index in [9.17, 15) is 4.79 Å². The Hall–Kier alpha value is -0.610. The lowest BCUT2D eigenvalue weighted by atomic mass is 9.94. The fourth-order valence-corrected chi connectivity index (χ4v) is 2.53. The fourth-order valence-electron chi connectivity index (χ4n) is 2.53. The molecule has 0 spiro atoms. The quantitative estimate of drug-likeness (QED) is 0.502. The van der Waals surface area contributed by atoms with Crippen molar-refractivity contribution in [2.45, 2.75) is 52.0 Å². The molecule has 0 amide bonds. The number of nitrogens with zero attached hydrogens (tertiary/aromatic N) is 1. The molecule has 19 heavy (non-hydrogen) atoms. The number of esters is 1. The Morgan fingerprint density at radius 1 is 1.32 bits per heavy atom. The molecule has 0 aromatic heterocycles. The monoisotopic (exact) mass is 271 g/mol. The summed E-state index contributed by atoms with van der Waals surface area (Å²) in [7, 11) is 1.45. The lowest BCUT2D eigenvalue weighted by molar-refractivity contribution is -0.142. The summed E-state index contributed by atoms with van der Waals surface area (Å²) in [4.78, 5) is 13.5. The van der Waals surface area contributed by atoms with Crippen LogP contribution in [0.3, 0.4) is 0 Å². The molecule has 1 rings (SSSR count). The highest BCUT2D eigenvalue weighted by Crippen LogP contribution is 2.20. The van der Waals surface area contributed by atoms with Crippen LogP contribution in [-0.2, 0) is 14.3 Å². The van der Waals surface area contributed by atoms with E-state index in [0.29, 0.717) is 12.6 Å². The summed E-state index contributed by atoms with van der Waals surface area (Å²) in [5.74, 6) is 0.708. The average Bonchev–Trinajstić information content (AvgIpc) is 2.42. The predicted molar refractivity (Wildman–Crippen MR) is 76.1 cm³/mol. The van der Waals surface area contributed by atoms with Crippen molar-refractivity contribution in [1.29, 1.82) is 0 Å². The molecule has 0 aromatic carbocycles. The largest absolute Gasteiger partial charge is 0.468 e. The van der Waals surface area contributed by atoms with Gasteiger partial charge in [-0.15, -0.1) is 0 Å². The predicted octanol–water partition coefficient (Wildman–Crippen LogP) is 2.47. The van der Waals surface area contributed by atoms with Gasteiger partial charge < -0.3 is 9.47 Å². The van der Waals surface area contributed by atoms with Crippen LogP contribution >= 0.6 is 0 Å². The van der Waals surface area contributed by atoms with Crippen molar-refractivity contribution in [3.63, 3.8) is 0 Å². The maximum atomic E-state index is 11.3. The third kappa shape index (κ3) is 6.92. The Labute approximate surface area is 117 Å². The number of ether oxygens (including phenoxy) is 2. The minimum absolute atomic E-state index is 0.141. The van der Waals surface area contributed by atoms with Gasteiger partial charge in [0, 0.05) is 19.3 Å². The van der Waals surface area contributed by atoms with E-state index < -0.39 is 0 Å². The highest BCUT2D eigenvalue weighted by atomic mass is 16.5. The summed E-state index contributed by atoms with van der Waals surface area (Å²) >= 11 is 0. The Morgan fingerprint density at radius 3 is 2.58 bits per heavy atom. The van der Waals surface area contributed by atoms with Gasteiger partial charge in [-0.05, 0) is 45.6 Å². The summed E-state index contributed by atoms with van der Waals surface area (Å²) in [6.45, 7) is 7.51. The number of carbonyl (C=O) groups excluding carboxylic acids is 1. The fraction of sp³-hybridized carbons (Fsp3) is 0.933. The molecule has 1 aliphatic heterocycles. The average molecular weight is 271 g/mol. The van der Waals surface area contributed by atoms with Crippen molar-refractivity contribution < 1.29 is 14.3 Å². The molecule has 112 valence electrons. The Morgan fingerprint density at radius 2 is 2.00 bits per heavy atom. The lowest BCUT2D eigenvalue weighted by Crippen LogP contribution is -2.37. The highest BCUT2D eigenvalue weighted by Gasteiger charge is 2.15. The van der Waals surface area contributed by atoms with E-state index in [1.54, 1.807) is 0 Å². The van der Waals surface area contributed by atoms with Crippen molar-refractivity contribution in [1.82, 2.24) is 4.90 Å². The zero-order chi connectivity index (χ0) is 14.1. The van der Waals surface area contributed by atoms with Gasteiger partial charge in [0.2, 0.25) is 0 Å². The molecule has 0 bridgehead atoms. The van der Waals surface area contributed by atoms with Gasteiger partial charge in [-0.25, -0.2) is 0 Å². The number of hydrogen-bond acceptors (Lipinski definition) is 4. The first-order valence-corrected chi connectivity index (χ1v) is 7.52. The second-order valence-corrected chi connectivity index (χ2v) is 5.69. The van der Waals surface area contributed by atoms with Gasteiger partial charge in [0.25, 0.3) is 0 Å². The van der Waals surface area contributed by atoms with Crippen LogP contribution in [0.5, 0.6) is 0 Å². The van der Waals surface area contributed by atoms with Crippen LogP contribution in [0.15, 0.2) is 0 Å². The molecular weight excluding hydrogens is 242 g/mol. The molecule has 0 atom stereocenters. The van der Waals surface area contributed by atoms with Crippen LogP contribution in [0.4, 0.5) is 0 Å². The first-order chi connectivity index (χ1) is 9.13. The molecule has 1 fully saturated rings. The summed E-state index contributed by atoms with van der Waals surface area (Å²) < 4.78 is 10.1. The van der Waals surface area contributed by atoms with E-state index in [1.165, 1.54) is 32.8 Å². The Bertz CT molecular complexity index is 250. The van der Waals surface area contributed by atoms with Gasteiger partial charge in [-0.2, -0.15) is 0 Å². The molecular formula is C15H29NO3. The zero-order valence-corrected chi connectivity index (χ0v) is 12.7. The van der Waals surface area contributed by atoms with Gasteiger partial charge in [0.15, 0.2) is 0 Å². The third-order valence-corrected chi connectivity index (χ3v) is 3.94. The molecule has 4 heteroatoms. The van der Waals surface area contributed by atoms with E-state index in [-0.39, 0.29) is 5.97 Å². The van der Waals surface area contributed by atoms with Crippen LogP contribution < -0.4 is 0 Å². The minimum Gasteiger partial charge on any atom is -0.468 e. The molecule has 0 aliphatic carbocycles. The summed E-state index contributed by atoms with van der Waals surface area (Å²) in [5, 5.41) is 0. The summed E-state index contributed by atoms with van der Waals surface area (Å²) in [6, 6.07) is 0.391. The van der Waals surface area contributed by atoms with E-state index >= 15 is 0 Å². The number of rotatable bonds is 8. The van der Waals surface area contributed by atoms with Gasteiger partial charge in [0.05, 0.1) is 13.7 Å². The van der Waals surface area contributed by atoms with Crippen molar-refractivity contribution in [2.75, 3.05) is 33.4 Å². The topological polar surface area (TPSA) is 38.8 Å². The molecule has 0 saturated carbocycles. The first-order valence-electron chi connectivity index (χ1n) is 7.52. The summed E-state index contributed by atoms with van der Waals surface area (Å²) in [6.07, 6.45) is 6.14. The van der Waals surface area contributed by atoms with Crippen molar-refractivity contribution in [3.8, 4) is 0 Å². The molecule has 4 nitrogen and oxygen atoms in total. The second-order valence-electron chi connectivity index (χ2n) is 5.69. The Balaban J connectivity index is 2.15. The molecule has 1 heterocycles. The maximum absolute atomic E-state index is 11.3. The van der Waals surface area contributed by atoms with Crippen LogP contribution in [0, 0.1) is 5.92 Å². The molecule has 1 saturated heterocycles. The number of hydrogen-bond donors (Lipinski definition) is 0. The second kappa shape index (κ2) is 9.32. The zero-order valence-electron chi connectivity index (χ0n) is 12.7. The smallest absolute Gasteiger partial charge is 0.319 e. The standard InChI is InChI=1S/C15H29NO3/c1-13(2)16(12-15(17)18-3)9-5-4-6-14-7-10-19-11-8-14/h13-14H,4-12H2,1-3H3. The Kier molecular flexibility index (Phi) is 8.07. The lowest BCUT2D eigenvalue weighted by Gasteiger charge is -2.26. The first kappa shape index (κ1) is 16.4. The normalized spacial score (nSPS) is 17.1. The molecule has 0 unspecified atom stereocenters. The number of unbranched alkanes of at least 4 members (excludes halogenated alkanes) is 1. The van der Waals surface area contributed by atoms with Crippen molar-refractivity contribution >= 4 is 5.97 Å². The highest BCUT2D eigenvalue weighted by molar-refractivity contribution is 5.71. The maximum Gasteiger partial charge on any atom is 0.319 e. The van der Waals surface area contributed by atoms with Gasteiger partial charge >= 0.3 is 5.97 Å². The molecule has 0 aromatic rings.